The molecule has 7 atom stereocenters. The van der Waals surface area contributed by atoms with E-state index in [0.29, 0.717) is 25.9 Å². The summed E-state index contributed by atoms with van der Waals surface area (Å²) in [6.45, 7) is 17.4. The highest BCUT2D eigenvalue weighted by Crippen LogP contribution is 2.46. The molecule has 0 aliphatic carbocycles. The summed E-state index contributed by atoms with van der Waals surface area (Å²) in [7, 11) is -0.571. The molecule has 2 fully saturated rings. The van der Waals surface area contributed by atoms with E-state index >= 15 is 0 Å². The molecule has 0 spiro atoms. The van der Waals surface area contributed by atoms with Gasteiger partial charge in [-0.05, 0) is 43.6 Å². The van der Waals surface area contributed by atoms with Gasteiger partial charge in [0, 0.05) is 25.5 Å². The van der Waals surface area contributed by atoms with Crippen LogP contribution < -0.4 is 0 Å². The summed E-state index contributed by atoms with van der Waals surface area (Å²) in [6.07, 6.45) is 4.44. The maximum atomic E-state index is 12.4. The van der Waals surface area contributed by atoms with Crippen LogP contribution in [0.4, 0.5) is 0 Å². The van der Waals surface area contributed by atoms with Crippen molar-refractivity contribution in [1.29, 1.82) is 0 Å². The average molecular weight is 545 g/mol. The van der Waals surface area contributed by atoms with Crippen LogP contribution in [0.25, 0.3) is 0 Å². The molecule has 4 rings (SSSR count). The van der Waals surface area contributed by atoms with Crippen molar-refractivity contribution in [2.75, 3.05) is 13.7 Å². The molecule has 1 aromatic carbocycles. The van der Waals surface area contributed by atoms with Gasteiger partial charge in [-0.2, -0.15) is 0 Å². The Kier molecular flexibility index (Phi) is 8.55. The summed E-state index contributed by atoms with van der Waals surface area (Å²) in [5.74, 6) is -1.21. The van der Waals surface area contributed by atoms with E-state index in [1.807, 2.05) is 37.3 Å². The molecule has 0 bridgehead atoms. The Morgan fingerprint density at radius 1 is 1.18 bits per heavy atom. The first-order valence-electron chi connectivity index (χ1n) is 13.6. The number of benzene rings is 1. The molecule has 3 aliphatic rings. The predicted octanol–water partition coefficient (Wildman–Crippen LogP) is 5.87. The topological polar surface area (TPSA) is 72.5 Å². The zero-order chi connectivity index (χ0) is 27.8. The number of hydrogen-bond donors (Lipinski definition) is 0. The molecule has 210 valence electrons. The van der Waals surface area contributed by atoms with Crippen LogP contribution in [0.3, 0.4) is 0 Å². The van der Waals surface area contributed by atoms with Crippen molar-refractivity contribution in [2.45, 2.75) is 107 Å². The summed E-state index contributed by atoms with van der Waals surface area (Å²) in [6, 6.07) is 9.98. The molecule has 0 saturated carbocycles. The molecular formula is C30H44O7Si. The van der Waals surface area contributed by atoms with Crippen molar-refractivity contribution in [2.24, 2.45) is 0 Å². The van der Waals surface area contributed by atoms with Gasteiger partial charge in [-0.25, -0.2) is 0 Å². The summed E-state index contributed by atoms with van der Waals surface area (Å²) in [4.78, 5) is 12.4. The second kappa shape index (κ2) is 11.1. The van der Waals surface area contributed by atoms with Gasteiger partial charge in [0.1, 0.15) is 11.7 Å². The van der Waals surface area contributed by atoms with E-state index in [9.17, 15) is 4.79 Å². The van der Waals surface area contributed by atoms with Gasteiger partial charge in [-0.1, -0.05) is 57.2 Å². The zero-order valence-electron chi connectivity index (χ0n) is 23.9. The van der Waals surface area contributed by atoms with Gasteiger partial charge >= 0.3 is 0 Å². The highest BCUT2D eigenvalue weighted by Gasteiger charge is 2.55. The molecule has 3 aliphatic heterocycles. The molecule has 3 heterocycles. The number of ketones is 1. The first-order chi connectivity index (χ1) is 17.8. The molecule has 2 saturated heterocycles. The van der Waals surface area contributed by atoms with Gasteiger partial charge in [0.05, 0.1) is 24.9 Å². The number of hydrogen-bond acceptors (Lipinski definition) is 7. The molecule has 7 nitrogen and oxygen atoms in total. The normalized spacial score (nSPS) is 36.1. The lowest BCUT2D eigenvalue weighted by molar-refractivity contribution is -0.344. The van der Waals surface area contributed by atoms with E-state index < -0.39 is 32.1 Å². The number of fused-ring (bicyclic) bond motifs is 1. The van der Waals surface area contributed by atoms with Crippen LogP contribution in [0.15, 0.2) is 55.1 Å². The molecule has 0 N–H and O–H groups in total. The van der Waals surface area contributed by atoms with Crippen LogP contribution in [0.1, 0.15) is 58.8 Å². The SMILES string of the molecule is C=CC[C@@H]1O[C@@](C[C@@H]2O[C@]3(C)CO[C@@H](c4ccccc4)O[C@H]3C[C@H]2O[Si](C)(C)C(C)(C)C)(OC)C=CC1=O. The number of rotatable bonds is 8. The summed E-state index contributed by atoms with van der Waals surface area (Å²) >= 11 is 0. The van der Waals surface area contributed by atoms with Gasteiger partial charge in [-0.3, -0.25) is 4.79 Å². The Morgan fingerprint density at radius 3 is 2.53 bits per heavy atom. The Labute approximate surface area is 228 Å². The highest BCUT2D eigenvalue weighted by molar-refractivity contribution is 6.74. The van der Waals surface area contributed by atoms with E-state index in [4.69, 9.17) is 28.1 Å². The van der Waals surface area contributed by atoms with E-state index in [1.165, 1.54) is 0 Å². The number of carbonyl (C=O) groups excluding carboxylic acids is 1. The summed E-state index contributed by atoms with van der Waals surface area (Å²) in [5.41, 5.74) is 0.308. The minimum absolute atomic E-state index is 0.0169. The predicted molar refractivity (Wildman–Crippen MR) is 148 cm³/mol. The van der Waals surface area contributed by atoms with Crippen LogP contribution in [-0.2, 0) is 32.9 Å². The van der Waals surface area contributed by atoms with Gasteiger partial charge in [-0.15, -0.1) is 6.58 Å². The third kappa shape index (κ3) is 6.07. The van der Waals surface area contributed by atoms with E-state index in [2.05, 4.69) is 40.4 Å². The van der Waals surface area contributed by atoms with Crippen LogP contribution >= 0.6 is 0 Å². The fraction of sp³-hybridized carbons (Fsp3) is 0.633. The van der Waals surface area contributed by atoms with Crippen LogP contribution in [0, 0.1) is 0 Å². The second-order valence-corrected chi connectivity index (χ2v) is 17.1. The first kappa shape index (κ1) is 29.3. The molecular weight excluding hydrogens is 500 g/mol. The third-order valence-electron chi connectivity index (χ3n) is 8.47. The fourth-order valence-electron chi connectivity index (χ4n) is 5.07. The fourth-order valence-corrected chi connectivity index (χ4v) is 6.43. The lowest BCUT2D eigenvalue weighted by Gasteiger charge is -2.54. The second-order valence-electron chi connectivity index (χ2n) is 12.4. The third-order valence-corrected chi connectivity index (χ3v) is 13.0. The Balaban J connectivity index is 1.62. The van der Waals surface area contributed by atoms with E-state index in [1.54, 1.807) is 25.3 Å². The van der Waals surface area contributed by atoms with Crippen molar-refractivity contribution in [3.8, 4) is 0 Å². The summed E-state index contributed by atoms with van der Waals surface area (Å²) < 4.78 is 38.7. The first-order valence-corrected chi connectivity index (χ1v) is 16.5. The maximum absolute atomic E-state index is 12.4. The van der Waals surface area contributed by atoms with Crippen molar-refractivity contribution in [3.63, 3.8) is 0 Å². The number of carbonyl (C=O) groups is 1. The Hall–Kier alpha value is -1.65. The largest absolute Gasteiger partial charge is 0.411 e. The number of methoxy groups -OCH3 is 1. The molecule has 0 radical (unpaired) electrons. The summed E-state index contributed by atoms with van der Waals surface area (Å²) in [5, 5.41) is 0.0169. The van der Waals surface area contributed by atoms with E-state index in [-0.39, 0.29) is 29.1 Å². The monoisotopic (exact) mass is 544 g/mol. The van der Waals surface area contributed by atoms with Crippen molar-refractivity contribution in [1.82, 2.24) is 0 Å². The quantitative estimate of drug-likeness (QED) is 0.299. The zero-order valence-corrected chi connectivity index (χ0v) is 24.9. The van der Waals surface area contributed by atoms with Crippen molar-refractivity contribution in [3.05, 3.63) is 60.7 Å². The molecule has 0 amide bonds. The standard InChI is InChI=1S/C30H44O7Si/c1-9-13-23-22(31)16-17-30(32-6,36-23)19-25-24(37-38(7,8)28(2,3)4)18-26-29(5,35-25)20-33-27(34-26)21-14-11-10-12-15-21/h9-12,14-17,23-27H,1,13,18-20H2,2-8H3/t23-,24+,25-,26-,27+,29+,30-/m0/s1. The van der Waals surface area contributed by atoms with E-state index in [0.717, 1.165) is 5.56 Å². The molecule has 0 aromatic heterocycles. The van der Waals surface area contributed by atoms with Crippen LogP contribution in [0.5, 0.6) is 0 Å². The molecule has 1 aromatic rings. The van der Waals surface area contributed by atoms with Crippen LogP contribution in [-0.4, -0.2) is 63.6 Å². The Morgan fingerprint density at radius 2 is 1.89 bits per heavy atom. The lowest BCUT2D eigenvalue weighted by Crippen LogP contribution is -2.64. The minimum Gasteiger partial charge on any atom is -0.411 e. The molecule has 38 heavy (non-hydrogen) atoms. The van der Waals surface area contributed by atoms with Gasteiger partial charge < -0.3 is 28.1 Å². The minimum atomic E-state index is -2.17. The Bertz CT molecular complexity index is 1020. The van der Waals surface area contributed by atoms with Gasteiger partial charge in [0.2, 0.25) is 0 Å². The van der Waals surface area contributed by atoms with Gasteiger partial charge in [0.15, 0.2) is 26.2 Å². The van der Waals surface area contributed by atoms with Crippen molar-refractivity contribution >= 4 is 14.1 Å². The number of ether oxygens (including phenoxy) is 5. The maximum Gasteiger partial charge on any atom is 0.192 e. The van der Waals surface area contributed by atoms with Gasteiger partial charge in [0.25, 0.3) is 0 Å². The van der Waals surface area contributed by atoms with Crippen LogP contribution in [0.2, 0.25) is 18.1 Å². The van der Waals surface area contributed by atoms with Crippen molar-refractivity contribution < 1.29 is 32.9 Å². The average Bonchev–Trinajstić information content (AvgIpc) is 2.86. The smallest absolute Gasteiger partial charge is 0.192 e. The molecule has 8 heteroatoms. The molecule has 0 unspecified atom stereocenters. The lowest BCUT2D eigenvalue weighted by atomic mass is 9.85. The highest BCUT2D eigenvalue weighted by atomic mass is 28.4.